The lowest BCUT2D eigenvalue weighted by molar-refractivity contribution is -0.113. The minimum absolute atomic E-state index is 0.0336. The summed E-state index contributed by atoms with van der Waals surface area (Å²) in [6.07, 6.45) is 0. The lowest BCUT2D eigenvalue weighted by Crippen LogP contribution is -2.23. The van der Waals surface area contributed by atoms with Crippen LogP contribution in [-0.2, 0) is 11.3 Å². The van der Waals surface area contributed by atoms with Gasteiger partial charge in [0.15, 0.2) is 5.16 Å². The zero-order valence-corrected chi connectivity index (χ0v) is 17.9. The van der Waals surface area contributed by atoms with E-state index in [2.05, 4.69) is 26.2 Å². The molecule has 3 rings (SSSR count). The summed E-state index contributed by atoms with van der Waals surface area (Å²) in [5.41, 5.74) is 1.09. The molecule has 0 aliphatic rings. The van der Waals surface area contributed by atoms with Gasteiger partial charge in [0.2, 0.25) is 5.91 Å². The van der Waals surface area contributed by atoms with Crippen molar-refractivity contribution in [2.45, 2.75) is 18.6 Å². The molecule has 0 spiro atoms. The number of amides is 1. The van der Waals surface area contributed by atoms with Crippen LogP contribution in [0.3, 0.4) is 0 Å². The number of hydrogen-bond acceptors (Lipinski definition) is 5. The highest BCUT2D eigenvalue weighted by atomic mass is 79.9. The number of fused-ring (bicyclic) bond motifs is 1. The van der Waals surface area contributed by atoms with Gasteiger partial charge in [-0.05, 0) is 43.3 Å². The van der Waals surface area contributed by atoms with Crippen molar-refractivity contribution in [1.82, 2.24) is 9.55 Å². The number of benzene rings is 2. The van der Waals surface area contributed by atoms with Gasteiger partial charge >= 0.3 is 0 Å². The number of carbonyl (C=O) groups excluding carboxylic acids is 1. The fourth-order valence-electron chi connectivity index (χ4n) is 2.60. The lowest BCUT2D eigenvalue weighted by atomic mass is 10.2. The Labute approximate surface area is 178 Å². The van der Waals surface area contributed by atoms with Gasteiger partial charge in [-0.25, -0.2) is 4.98 Å². The van der Waals surface area contributed by atoms with E-state index in [-0.39, 0.29) is 17.2 Å². The quantitative estimate of drug-likeness (QED) is 0.434. The Morgan fingerprint density at radius 3 is 2.86 bits per heavy atom. The molecule has 1 aromatic heterocycles. The van der Waals surface area contributed by atoms with Crippen molar-refractivity contribution < 1.29 is 4.79 Å². The number of hydrogen-bond donors (Lipinski definition) is 1. The van der Waals surface area contributed by atoms with Crippen LogP contribution in [0, 0.1) is 11.3 Å². The normalized spacial score (nSPS) is 10.6. The monoisotopic (exact) mass is 476 g/mol. The number of nitriles is 1. The van der Waals surface area contributed by atoms with Crippen molar-refractivity contribution in [3.8, 4) is 6.07 Å². The lowest BCUT2D eigenvalue weighted by Gasteiger charge is -2.12. The van der Waals surface area contributed by atoms with Crippen LogP contribution in [0.2, 0.25) is 5.02 Å². The summed E-state index contributed by atoms with van der Waals surface area (Å²) in [6, 6.07) is 12.0. The molecule has 3 aromatic rings. The van der Waals surface area contributed by atoms with Crippen molar-refractivity contribution >= 4 is 61.8 Å². The van der Waals surface area contributed by atoms with Gasteiger partial charge in [0, 0.05) is 16.0 Å². The second-order valence-corrected chi connectivity index (χ2v) is 8.04. The highest BCUT2D eigenvalue weighted by molar-refractivity contribution is 9.10. The zero-order valence-electron chi connectivity index (χ0n) is 14.7. The maximum Gasteiger partial charge on any atom is 0.262 e. The first kappa shape index (κ1) is 20.4. The molecule has 142 valence electrons. The van der Waals surface area contributed by atoms with Gasteiger partial charge in [-0.15, -0.1) is 0 Å². The van der Waals surface area contributed by atoms with Gasteiger partial charge < -0.3 is 5.32 Å². The number of nitrogens with zero attached hydrogens (tertiary/aromatic N) is 3. The van der Waals surface area contributed by atoms with Gasteiger partial charge in [-0.2, -0.15) is 5.26 Å². The molecule has 0 radical (unpaired) electrons. The summed E-state index contributed by atoms with van der Waals surface area (Å²) < 4.78 is 2.34. The molecule has 0 aliphatic carbocycles. The van der Waals surface area contributed by atoms with Gasteiger partial charge in [0.1, 0.15) is 6.07 Å². The van der Waals surface area contributed by atoms with Crippen molar-refractivity contribution in [2.24, 2.45) is 0 Å². The molecule has 2 aromatic carbocycles. The molecule has 0 saturated carbocycles. The Bertz CT molecular complexity index is 1170. The van der Waals surface area contributed by atoms with Crippen LogP contribution in [0.1, 0.15) is 12.5 Å². The van der Waals surface area contributed by atoms with E-state index < -0.39 is 0 Å². The fraction of sp³-hybridized carbons (Fsp3) is 0.158. The number of anilines is 1. The summed E-state index contributed by atoms with van der Waals surface area (Å²) in [5, 5.41) is 13.2. The third-order valence-corrected chi connectivity index (χ3v) is 5.61. The van der Waals surface area contributed by atoms with Gasteiger partial charge in [0.05, 0.1) is 27.9 Å². The molecule has 9 heteroatoms. The first-order valence-electron chi connectivity index (χ1n) is 8.25. The Morgan fingerprint density at radius 2 is 2.14 bits per heavy atom. The number of rotatable bonds is 5. The second kappa shape index (κ2) is 8.78. The number of carbonyl (C=O) groups is 1. The maximum absolute atomic E-state index is 12.7. The van der Waals surface area contributed by atoms with Crippen LogP contribution in [0.4, 0.5) is 5.69 Å². The summed E-state index contributed by atoms with van der Waals surface area (Å²) in [7, 11) is 0. The Kier molecular flexibility index (Phi) is 6.39. The number of aromatic nitrogens is 2. The van der Waals surface area contributed by atoms with E-state index in [1.807, 2.05) is 19.1 Å². The van der Waals surface area contributed by atoms with Crippen molar-refractivity contribution in [1.29, 1.82) is 5.26 Å². The van der Waals surface area contributed by atoms with Crippen molar-refractivity contribution in [3.63, 3.8) is 0 Å². The molecule has 0 bridgehead atoms. The van der Waals surface area contributed by atoms with Crippen LogP contribution in [-0.4, -0.2) is 21.2 Å². The SMILES string of the molecule is CCn1c(SCC(=O)Nc2cc(Cl)ccc2C#N)nc2ccc(Br)cc2c1=O. The number of halogens is 2. The minimum Gasteiger partial charge on any atom is -0.324 e. The number of nitrogens with one attached hydrogen (secondary N) is 1. The van der Waals surface area contributed by atoms with E-state index in [0.29, 0.717) is 38.9 Å². The smallest absolute Gasteiger partial charge is 0.262 e. The molecular weight excluding hydrogens is 464 g/mol. The summed E-state index contributed by atoms with van der Waals surface area (Å²) in [5.74, 6) is -0.289. The molecule has 0 atom stereocenters. The first-order valence-corrected chi connectivity index (χ1v) is 10.4. The van der Waals surface area contributed by atoms with Gasteiger partial charge in [0.25, 0.3) is 5.56 Å². The molecule has 0 aliphatic heterocycles. The largest absolute Gasteiger partial charge is 0.324 e. The minimum atomic E-state index is -0.323. The molecule has 1 N–H and O–H groups in total. The van der Waals surface area contributed by atoms with E-state index in [1.54, 1.807) is 24.3 Å². The topological polar surface area (TPSA) is 87.8 Å². The van der Waals surface area contributed by atoms with Crippen LogP contribution in [0.25, 0.3) is 10.9 Å². The average Bonchev–Trinajstić information content (AvgIpc) is 2.67. The molecule has 6 nitrogen and oxygen atoms in total. The van der Waals surface area contributed by atoms with Crippen LogP contribution in [0.15, 0.2) is 50.8 Å². The van der Waals surface area contributed by atoms with E-state index in [1.165, 1.54) is 10.6 Å². The van der Waals surface area contributed by atoms with E-state index >= 15 is 0 Å². The van der Waals surface area contributed by atoms with Crippen molar-refractivity contribution in [2.75, 3.05) is 11.1 Å². The first-order chi connectivity index (χ1) is 13.4. The second-order valence-electron chi connectivity index (χ2n) is 5.74. The maximum atomic E-state index is 12.7. The predicted molar refractivity (Wildman–Crippen MR) is 115 cm³/mol. The van der Waals surface area contributed by atoms with Gasteiger partial charge in [-0.3, -0.25) is 14.2 Å². The summed E-state index contributed by atoms with van der Waals surface area (Å²) in [6.45, 7) is 2.29. The third kappa shape index (κ3) is 4.38. The molecular formula is C19H14BrClN4O2S. The average molecular weight is 478 g/mol. The Hall–Kier alpha value is -2.34. The standard InChI is InChI=1S/C19H14BrClN4O2S/c1-2-25-18(27)14-7-12(20)4-6-15(14)24-19(25)28-10-17(26)23-16-8-13(21)5-3-11(16)9-22/h3-8H,2,10H2,1H3,(H,23,26). The molecule has 1 heterocycles. The molecule has 28 heavy (non-hydrogen) atoms. The zero-order chi connectivity index (χ0) is 20.3. The van der Waals surface area contributed by atoms with Gasteiger partial charge in [-0.1, -0.05) is 39.3 Å². The fourth-order valence-corrected chi connectivity index (χ4v) is 3.99. The van der Waals surface area contributed by atoms with E-state index in [0.717, 1.165) is 16.2 Å². The highest BCUT2D eigenvalue weighted by Gasteiger charge is 2.14. The number of thioether (sulfide) groups is 1. The summed E-state index contributed by atoms with van der Waals surface area (Å²) >= 11 is 10.5. The van der Waals surface area contributed by atoms with E-state index in [9.17, 15) is 9.59 Å². The molecule has 1 amide bonds. The van der Waals surface area contributed by atoms with Crippen LogP contribution in [0.5, 0.6) is 0 Å². The Morgan fingerprint density at radius 1 is 1.36 bits per heavy atom. The van der Waals surface area contributed by atoms with E-state index in [4.69, 9.17) is 16.9 Å². The highest BCUT2D eigenvalue weighted by Crippen LogP contribution is 2.23. The van der Waals surface area contributed by atoms with Crippen molar-refractivity contribution in [3.05, 3.63) is 61.8 Å². The predicted octanol–water partition coefficient (Wildman–Crippen LogP) is 4.43. The molecule has 0 unspecified atom stereocenters. The molecule has 0 fully saturated rings. The summed E-state index contributed by atoms with van der Waals surface area (Å²) in [4.78, 5) is 29.6. The van der Waals surface area contributed by atoms with Crippen LogP contribution >= 0.6 is 39.3 Å². The molecule has 0 saturated heterocycles. The third-order valence-electron chi connectivity index (χ3n) is 3.91. The van der Waals surface area contributed by atoms with Crippen LogP contribution < -0.4 is 10.9 Å². The Balaban J connectivity index is 1.83.